The quantitative estimate of drug-likeness (QED) is 0.157. The molecule has 1 atom stereocenters. The minimum atomic E-state index is 0.460. The summed E-state index contributed by atoms with van der Waals surface area (Å²) in [6, 6.07) is 68.0. The molecule has 0 fully saturated rings. The van der Waals surface area contributed by atoms with Gasteiger partial charge in [-0.3, -0.25) is 0 Å². The second-order valence-corrected chi connectivity index (χ2v) is 17.0. The van der Waals surface area contributed by atoms with Crippen LogP contribution in [-0.4, -0.2) is 0 Å². The van der Waals surface area contributed by atoms with Crippen LogP contribution in [0.2, 0.25) is 0 Å². The van der Waals surface area contributed by atoms with Gasteiger partial charge in [0.2, 0.25) is 0 Å². The zero-order valence-corrected chi connectivity index (χ0v) is 33.0. The van der Waals surface area contributed by atoms with Gasteiger partial charge in [-0.1, -0.05) is 189 Å². The molecule has 12 rings (SSSR count). The molecular weight excluding hydrogens is 717 g/mol. The summed E-state index contributed by atoms with van der Waals surface area (Å²) >= 11 is 1.91. The molecule has 58 heavy (non-hydrogen) atoms. The molecule has 0 N–H and O–H groups in total. The predicted molar refractivity (Wildman–Crippen MR) is 253 cm³/mol. The molecule has 1 heterocycles. The molecule has 11 aromatic rings. The van der Waals surface area contributed by atoms with E-state index in [4.69, 9.17) is 0 Å². The van der Waals surface area contributed by atoms with Crippen molar-refractivity contribution in [2.75, 3.05) is 0 Å². The standard InChI is InChI=1S/C57H38S/c1-35-16-13-19-36-20-14-29-48(52(35)36)55-43-25-9-11-27-45(43)56(46-28-12-10-26-44(46)55)49-30-15-31-50-57(49)47-33-32-38(34-51(47)58-50)54-41-23-7-5-21-39(41)53(37-17-3-2-4-18-37)40-22-6-8-24-42(40)54/h2-15,17-35H,16H2,1H3. The summed E-state index contributed by atoms with van der Waals surface area (Å²) in [7, 11) is 0. The molecule has 1 heteroatoms. The van der Waals surface area contributed by atoms with E-state index in [-0.39, 0.29) is 0 Å². The molecule has 1 aliphatic carbocycles. The number of hydrogen-bond acceptors (Lipinski definition) is 1. The molecule has 0 saturated carbocycles. The maximum Gasteiger partial charge on any atom is 0.0361 e. The Balaban J connectivity index is 1.11. The van der Waals surface area contributed by atoms with Gasteiger partial charge in [-0.15, -0.1) is 11.3 Å². The van der Waals surface area contributed by atoms with Crippen LogP contribution in [-0.2, 0) is 0 Å². The van der Waals surface area contributed by atoms with Crippen molar-refractivity contribution < 1.29 is 0 Å². The zero-order valence-electron chi connectivity index (χ0n) is 32.2. The van der Waals surface area contributed by atoms with Crippen molar-refractivity contribution in [1.29, 1.82) is 0 Å². The number of rotatable bonds is 4. The Kier molecular flexibility index (Phi) is 7.55. The van der Waals surface area contributed by atoms with E-state index in [2.05, 4.69) is 201 Å². The fourth-order valence-electron chi connectivity index (χ4n) is 10.3. The van der Waals surface area contributed by atoms with E-state index in [1.54, 1.807) is 0 Å². The van der Waals surface area contributed by atoms with Crippen LogP contribution in [0.3, 0.4) is 0 Å². The molecule has 0 bridgehead atoms. The van der Waals surface area contributed by atoms with Crippen molar-refractivity contribution in [2.45, 2.75) is 19.3 Å². The molecule has 0 radical (unpaired) electrons. The Morgan fingerprint density at radius 2 is 0.897 bits per heavy atom. The van der Waals surface area contributed by atoms with E-state index >= 15 is 0 Å². The number of fused-ring (bicyclic) bond motifs is 8. The number of allylic oxidation sites excluding steroid dienone is 1. The van der Waals surface area contributed by atoms with Gasteiger partial charge in [0.25, 0.3) is 0 Å². The van der Waals surface area contributed by atoms with Crippen LogP contribution in [0.25, 0.3) is 114 Å². The van der Waals surface area contributed by atoms with E-state index in [0.29, 0.717) is 5.92 Å². The summed E-state index contributed by atoms with van der Waals surface area (Å²) in [4.78, 5) is 0. The lowest BCUT2D eigenvalue weighted by atomic mass is 9.79. The first-order valence-electron chi connectivity index (χ1n) is 20.4. The maximum atomic E-state index is 2.45. The topological polar surface area (TPSA) is 0 Å². The summed E-state index contributed by atoms with van der Waals surface area (Å²) in [5.74, 6) is 0.460. The SMILES string of the molecule is CC1CC=Cc2cccc(-c3c4ccccc4c(-c4cccc5sc6cc(-c7c8ccccc8c(-c8ccccc8)c8ccccc78)ccc6c45)c4ccccc34)c21. The van der Waals surface area contributed by atoms with Crippen LogP contribution in [0, 0.1) is 0 Å². The normalized spacial score (nSPS) is 14.0. The third kappa shape index (κ3) is 4.93. The van der Waals surface area contributed by atoms with E-state index in [0.717, 1.165) is 6.42 Å². The van der Waals surface area contributed by atoms with E-state index < -0.39 is 0 Å². The summed E-state index contributed by atoms with van der Waals surface area (Å²) in [6.07, 6.45) is 5.71. The van der Waals surface area contributed by atoms with Crippen molar-refractivity contribution in [3.63, 3.8) is 0 Å². The van der Waals surface area contributed by atoms with Crippen LogP contribution >= 0.6 is 11.3 Å². The summed E-state index contributed by atoms with van der Waals surface area (Å²) in [5.41, 5.74) is 13.2. The number of benzene rings is 10. The number of hydrogen-bond donors (Lipinski definition) is 0. The van der Waals surface area contributed by atoms with Gasteiger partial charge in [0.05, 0.1) is 0 Å². The highest BCUT2D eigenvalue weighted by atomic mass is 32.1. The highest BCUT2D eigenvalue weighted by Gasteiger charge is 2.24. The van der Waals surface area contributed by atoms with E-state index in [1.165, 1.54) is 119 Å². The third-order valence-electron chi connectivity index (χ3n) is 12.7. The minimum Gasteiger partial charge on any atom is -0.135 e. The highest BCUT2D eigenvalue weighted by molar-refractivity contribution is 7.26. The van der Waals surface area contributed by atoms with Crippen molar-refractivity contribution in [1.82, 2.24) is 0 Å². The smallest absolute Gasteiger partial charge is 0.0361 e. The van der Waals surface area contributed by atoms with Gasteiger partial charge in [-0.25, -0.2) is 0 Å². The molecule has 1 aliphatic rings. The lowest BCUT2D eigenvalue weighted by molar-refractivity contribution is 0.774. The lowest BCUT2D eigenvalue weighted by Gasteiger charge is -2.25. The van der Waals surface area contributed by atoms with Crippen LogP contribution in [0.1, 0.15) is 30.4 Å². The average molecular weight is 755 g/mol. The van der Waals surface area contributed by atoms with Gasteiger partial charge in [0.1, 0.15) is 0 Å². The Morgan fingerprint density at radius 1 is 0.397 bits per heavy atom. The number of thiophene rings is 1. The predicted octanol–water partition coefficient (Wildman–Crippen LogP) is 16.9. The molecule has 1 aromatic heterocycles. The second kappa shape index (κ2) is 13.1. The molecule has 0 amide bonds. The molecule has 0 saturated heterocycles. The molecule has 10 aromatic carbocycles. The molecule has 0 nitrogen and oxygen atoms in total. The Morgan fingerprint density at radius 3 is 1.50 bits per heavy atom. The highest BCUT2D eigenvalue weighted by Crippen LogP contribution is 2.51. The van der Waals surface area contributed by atoms with Crippen LogP contribution < -0.4 is 0 Å². The van der Waals surface area contributed by atoms with Crippen LogP contribution in [0.15, 0.2) is 188 Å². The first kappa shape index (κ1) is 33.4. The maximum absolute atomic E-state index is 2.45. The zero-order chi connectivity index (χ0) is 38.3. The molecule has 272 valence electrons. The monoisotopic (exact) mass is 754 g/mol. The van der Waals surface area contributed by atoms with Crippen molar-refractivity contribution in [3.8, 4) is 44.5 Å². The van der Waals surface area contributed by atoms with Crippen LogP contribution in [0.4, 0.5) is 0 Å². The Hall–Kier alpha value is -6.80. The molecular formula is C57H38S. The first-order chi connectivity index (χ1) is 28.7. The third-order valence-corrected chi connectivity index (χ3v) is 13.8. The van der Waals surface area contributed by atoms with Gasteiger partial charge in [0, 0.05) is 20.2 Å². The second-order valence-electron chi connectivity index (χ2n) is 15.9. The van der Waals surface area contributed by atoms with Gasteiger partial charge in [-0.05, 0) is 123 Å². The Labute approximate surface area is 342 Å². The molecule has 0 aliphatic heterocycles. The minimum absolute atomic E-state index is 0.460. The van der Waals surface area contributed by atoms with E-state index in [1.807, 2.05) is 11.3 Å². The van der Waals surface area contributed by atoms with Crippen LogP contribution in [0.5, 0.6) is 0 Å². The van der Waals surface area contributed by atoms with Crippen molar-refractivity contribution >= 4 is 80.7 Å². The first-order valence-corrected chi connectivity index (χ1v) is 21.2. The Bertz CT molecular complexity index is 3380. The lowest BCUT2D eigenvalue weighted by Crippen LogP contribution is -2.03. The van der Waals surface area contributed by atoms with Gasteiger partial charge >= 0.3 is 0 Å². The molecule has 1 unspecified atom stereocenters. The summed E-state index contributed by atoms with van der Waals surface area (Å²) in [6.45, 7) is 2.38. The van der Waals surface area contributed by atoms with Crippen molar-refractivity contribution in [2.24, 2.45) is 0 Å². The van der Waals surface area contributed by atoms with Gasteiger partial charge < -0.3 is 0 Å². The average Bonchev–Trinajstić information content (AvgIpc) is 3.66. The van der Waals surface area contributed by atoms with Crippen molar-refractivity contribution in [3.05, 3.63) is 199 Å². The fourth-order valence-corrected chi connectivity index (χ4v) is 11.4. The van der Waals surface area contributed by atoms with Gasteiger partial charge in [-0.2, -0.15) is 0 Å². The summed E-state index contributed by atoms with van der Waals surface area (Å²) in [5, 5.41) is 13.0. The summed E-state index contributed by atoms with van der Waals surface area (Å²) < 4.78 is 2.62. The largest absolute Gasteiger partial charge is 0.135 e. The molecule has 0 spiro atoms. The fraction of sp³-hybridized carbons (Fsp3) is 0.0526. The van der Waals surface area contributed by atoms with E-state index in [9.17, 15) is 0 Å². The van der Waals surface area contributed by atoms with Gasteiger partial charge in [0.15, 0.2) is 0 Å².